The molecule has 0 saturated carbocycles. The minimum absolute atomic E-state index is 0.00516. The minimum atomic E-state index is -3.93. The van der Waals surface area contributed by atoms with Gasteiger partial charge in [-0.25, -0.2) is 12.8 Å². The van der Waals surface area contributed by atoms with Crippen LogP contribution in [0, 0.1) is 12.7 Å². The number of hydrogen-bond donors (Lipinski definition) is 1. The number of nitrogen functional groups attached to an aromatic ring is 1. The number of halogens is 1. The number of sulfonamides is 1. The van der Waals surface area contributed by atoms with Gasteiger partial charge in [0, 0.05) is 31.4 Å². The molecule has 0 atom stereocenters. The third-order valence-corrected chi connectivity index (χ3v) is 5.33. The third-order valence-electron chi connectivity index (χ3n) is 3.36. The lowest BCUT2D eigenvalue weighted by atomic mass is 10.2. The molecule has 1 aromatic carbocycles. The highest BCUT2D eigenvalue weighted by molar-refractivity contribution is 7.89. The highest BCUT2D eigenvalue weighted by Gasteiger charge is 2.33. The summed E-state index contributed by atoms with van der Waals surface area (Å²) in [6, 6.07) is 2.29. The number of likely N-dealkylation sites (N-methyl/N-ethyl adjacent to an activating group) is 1. The maximum atomic E-state index is 13.6. The summed E-state index contributed by atoms with van der Waals surface area (Å²) in [4.78, 5) is 12.9. The van der Waals surface area contributed by atoms with Crippen molar-refractivity contribution < 1.29 is 17.6 Å². The van der Waals surface area contributed by atoms with E-state index in [1.165, 1.54) is 17.9 Å². The monoisotopic (exact) mass is 301 g/mol. The van der Waals surface area contributed by atoms with Crippen LogP contribution in [0.3, 0.4) is 0 Å². The number of hydrogen-bond acceptors (Lipinski definition) is 4. The van der Waals surface area contributed by atoms with E-state index < -0.39 is 15.8 Å². The molecular weight excluding hydrogens is 285 g/mol. The highest BCUT2D eigenvalue weighted by Crippen LogP contribution is 2.25. The number of nitrogens with two attached hydrogens (primary N) is 1. The van der Waals surface area contributed by atoms with Gasteiger partial charge in [0.15, 0.2) is 0 Å². The Morgan fingerprint density at radius 1 is 1.30 bits per heavy atom. The fraction of sp³-hybridized carbons (Fsp3) is 0.417. The van der Waals surface area contributed by atoms with Gasteiger partial charge in [-0.3, -0.25) is 4.79 Å². The van der Waals surface area contributed by atoms with Crippen molar-refractivity contribution in [2.75, 3.05) is 32.4 Å². The molecule has 0 aromatic heterocycles. The topological polar surface area (TPSA) is 83.7 Å². The largest absolute Gasteiger partial charge is 0.399 e. The molecule has 110 valence electrons. The van der Waals surface area contributed by atoms with E-state index in [4.69, 9.17) is 5.73 Å². The second-order valence-electron chi connectivity index (χ2n) is 4.78. The number of carbonyl (C=O) groups is 1. The average Bonchev–Trinajstić information content (AvgIpc) is 2.36. The molecule has 1 amide bonds. The van der Waals surface area contributed by atoms with E-state index in [0.717, 1.165) is 10.4 Å². The van der Waals surface area contributed by atoms with E-state index in [1.54, 1.807) is 7.05 Å². The Morgan fingerprint density at radius 2 is 1.95 bits per heavy atom. The molecule has 0 radical (unpaired) electrons. The van der Waals surface area contributed by atoms with Crippen LogP contribution in [-0.2, 0) is 14.8 Å². The normalized spacial score (nSPS) is 17.6. The first-order valence-corrected chi connectivity index (χ1v) is 7.47. The second kappa shape index (κ2) is 5.02. The molecule has 0 spiro atoms. The van der Waals surface area contributed by atoms with E-state index in [1.807, 2.05) is 0 Å². The van der Waals surface area contributed by atoms with Crippen LogP contribution in [-0.4, -0.2) is 50.2 Å². The van der Waals surface area contributed by atoms with Crippen molar-refractivity contribution in [1.29, 1.82) is 0 Å². The zero-order chi connectivity index (χ0) is 15.1. The summed E-state index contributed by atoms with van der Waals surface area (Å²) in [7, 11) is -2.32. The third kappa shape index (κ3) is 2.48. The van der Waals surface area contributed by atoms with Gasteiger partial charge in [-0.15, -0.1) is 0 Å². The molecule has 1 aliphatic rings. The van der Waals surface area contributed by atoms with E-state index in [9.17, 15) is 17.6 Å². The Kier molecular flexibility index (Phi) is 3.70. The van der Waals surface area contributed by atoms with Gasteiger partial charge in [-0.05, 0) is 19.1 Å². The van der Waals surface area contributed by atoms with Crippen molar-refractivity contribution in [3.05, 3.63) is 23.5 Å². The lowest BCUT2D eigenvalue weighted by Gasteiger charge is -2.31. The van der Waals surface area contributed by atoms with Crippen LogP contribution < -0.4 is 5.73 Å². The number of anilines is 1. The summed E-state index contributed by atoms with van der Waals surface area (Å²) >= 11 is 0. The van der Waals surface area contributed by atoms with Gasteiger partial charge in [-0.1, -0.05) is 0 Å². The quantitative estimate of drug-likeness (QED) is 0.790. The summed E-state index contributed by atoms with van der Waals surface area (Å²) in [6.07, 6.45) is 0. The van der Waals surface area contributed by atoms with Crippen LogP contribution in [0.4, 0.5) is 10.1 Å². The summed E-state index contributed by atoms with van der Waals surface area (Å²) in [5, 5.41) is 0. The standard InChI is InChI=1S/C12H16FN3O3S/c1-8-10(13)5-9(14)6-11(8)20(18,19)16-4-3-15(2)12(17)7-16/h5-6H,3-4,7,14H2,1-2H3. The fourth-order valence-electron chi connectivity index (χ4n) is 2.02. The van der Waals surface area contributed by atoms with Crippen LogP contribution in [0.1, 0.15) is 5.56 Å². The first-order valence-electron chi connectivity index (χ1n) is 6.03. The van der Waals surface area contributed by atoms with Gasteiger partial charge in [0.05, 0.1) is 11.4 Å². The fourth-order valence-corrected chi connectivity index (χ4v) is 3.67. The molecule has 1 fully saturated rings. The van der Waals surface area contributed by atoms with E-state index >= 15 is 0 Å². The Balaban J connectivity index is 2.44. The molecule has 6 nitrogen and oxygen atoms in total. The van der Waals surface area contributed by atoms with Crippen LogP contribution in [0.5, 0.6) is 0 Å². The molecule has 8 heteroatoms. The van der Waals surface area contributed by atoms with Crippen molar-refractivity contribution in [1.82, 2.24) is 9.21 Å². The number of piperazine rings is 1. The average molecular weight is 301 g/mol. The molecule has 0 bridgehead atoms. The first kappa shape index (κ1) is 14.7. The second-order valence-corrected chi connectivity index (χ2v) is 6.69. The van der Waals surface area contributed by atoms with Crippen LogP contribution >= 0.6 is 0 Å². The van der Waals surface area contributed by atoms with Crippen molar-refractivity contribution >= 4 is 21.6 Å². The molecule has 1 aromatic rings. The summed E-state index contributed by atoms with van der Waals surface area (Å²) in [5.74, 6) is -0.967. The smallest absolute Gasteiger partial charge is 0.244 e. The van der Waals surface area contributed by atoms with E-state index in [-0.39, 0.29) is 35.1 Å². The molecular formula is C12H16FN3O3S. The Hall–Kier alpha value is -1.67. The molecule has 2 N–H and O–H groups in total. The van der Waals surface area contributed by atoms with Crippen LogP contribution in [0.25, 0.3) is 0 Å². The summed E-state index contributed by atoms with van der Waals surface area (Å²) in [6.45, 7) is 1.62. The lowest BCUT2D eigenvalue weighted by molar-refractivity contribution is -0.132. The van der Waals surface area contributed by atoms with E-state index in [2.05, 4.69) is 0 Å². The molecule has 2 rings (SSSR count). The van der Waals surface area contributed by atoms with Gasteiger partial charge >= 0.3 is 0 Å². The number of carbonyl (C=O) groups excluding carboxylic acids is 1. The van der Waals surface area contributed by atoms with Gasteiger partial charge in [0.25, 0.3) is 0 Å². The minimum Gasteiger partial charge on any atom is -0.399 e. The lowest BCUT2D eigenvalue weighted by Crippen LogP contribution is -2.50. The van der Waals surface area contributed by atoms with Crippen molar-refractivity contribution in [3.63, 3.8) is 0 Å². The summed E-state index contributed by atoms with van der Waals surface area (Å²) < 4.78 is 39.7. The molecule has 20 heavy (non-hydrogen) atoms. The zero-order valence-electron chi connectivity index (χ0n) is 11.3. The first-order chi connectivity index (χ1) is 9.23. The molecule has 1 saturated heterocycles. The van der Waals surface area contributed by atoms with Crippen LogP contribution in [0.15, 0.2) is 17.0 Å². The number of nitrogens with zero attached hydrogens (tertiary/aromatic N) is 2. The van der Waals surface area contributed by atoms with Crippen molar-refractivity contribution in [2.45, 2.75) is 11.8 Å². The van der Waals surface area contributed by atoms with Crippen molar-refractivity contribution in [3.8, 4) is 0 Å². The zero-order valence-corrected chi connectivity index (χ0v) is 12.1. The number of rotatable bonds is 2. The van der Waals surface area contributed by atoms with Gasteiger partial charge in [0.2, 0.25) is 15.9 Å². The maximum absolute atomic E-state index is 13.6. The van der Waals surface area contributed by atoms with Gasteiger partial charge in [0.1, 0.15) is 5.82 Å². The number of benzene rings is 1. The SMILES string of the molecule is Cc1c(F)cc(N)cc1S(=O)(=O)N1CCN(C)C(=O)C1. The van der Waals surface area contributed by atoms with Gasteiger partial charge in [-0.2, -0.15) is 4.31 Å². The molecule has 0 unspecified atom stereocenters. The Morgan fingerprint density at radius 3 is 2.55 bits per heavy atom. The predicted molar refractivity (Wildman–Crippen MR) is 71.9 cm³/mol. The molecule has 1 aliphatic heterocycles. The number of amides is 1. The highest BCUT2D eigenvalue weighted by atomic mass is 32.2. The Labute approximate surface area is 117 Å². The molecule has 0 aliphatic carbocycles. The van der Waals surface area contributed by atoms with Crippen molar-refractivity contribution in [2.24, 2.45) is 0 Å². The maximum Gasteiger partial charge on any atom is 0.244 e. The van der Waals surface area contributed by atoms with Gasteiger partial charge < -0.3 is 10.6 Å². The van der Waals surface area contributed by atoms with Crippen LogP contribution in [0.2, 0.25) is 0 Å². The predicted octanol–water partition coefficient (Wildman–Crippen LogP) is 0.179. The molecule has 1 heterocycles. The summed E-state index contributed by atoms with van der Waals surface area (Å²) in [5.41, 5.74) is 5.55. The van der Waals surface area contributed by atoms with E-state index in [0.29, 0.717) is 6.54 Å². The Bertz CT molecular complexity index is 660.